The lowest BCUT2D eigenvalue weighted by Crippen LogP contribution is -2.47. The maximum atomic E-state index is 3.71. The van der Waals surface area contributed by atoms with E-state index < -0.39 is 0 Å². The van der Waals surface area contributed by atoms with E-state index in [0.29, 0.717) is 0 Å². The summed E-state index contributed by atoms with van der Waals surface area (Å²) in [6.07, 6.45) is 1.91. The zero-order chi connectivity index (χ0) is 13.3. The molecule has 0 aliphatic carbocycles. The Kier molecular flexibility index (Phi) is 6.08. The van der Waals surface area contributed by atoms with E-state index >= 15 is 0 Å². The molecular weight excluding hydrogens is 234 g/mol. The van der Waals surface area contributed by atoms with Crippen LogP contribution in [0, 0.1) is 0 Å². The summed E-state index contributed by atoms with van der Waals surface area (Å²) in [5.41, 5.74) is 1.42. The fraction of sp³-hybridized carbons (Fsp3) is 0.500. The van der Waals surface area contributed by atoms with Crippen LogP contribution in [0.3, 0.4) is 0 Å². The molecule has 0 unspecified atom stereocenters. The Bertz CT molecular complexity index is 356. The van der Waals surface area contributed by atoms with Gasteiger partial charge in [0.15, 0.2) is 0 Å². The predicted octanol–water partition coefficient (Wildman–Crippen LogP) is 1.58. The third kappa shape index (κ3) is 5.15. The molecule has 1 aliphatic rings. The van der Waals surface area contributed by atoms with E-state index in [1.54, 1.807) is 0 Å². The van der Waals surface area contributed by atoms with Gasteiger partial charge in [-0.2, -0.15) is 0 Å². The first-order valence-electron chi connectivity index (χ1n) is 7.19. The summed E-state index contributed by atoms with van der Waals surface area (Å²) in [5, 5.41) is 3.36. The van der Waals surface area contributed by atoms with E-state index in [1.807, 2.05) is 6.08 Å². The Hall–Kier alpha value is -1.16. The van der Waals surface area contributed by atoms with Gasteiger partial charge in [0.2, 0.25) is 0 Å². The molecule has 1 aliphatic heterocycles. The number of hydrogen-bond donors (Lipinski definition) is 1. The largest absolute Gasteiger partial charge is 0.312 e. The van der Waals surface area contributed by atoms with Crippen molar-refractivity contribution in [2.45, 2.75) is 6.54 Å². The molecule has 3 nitrogen and oxygen atoms in total. The highest BCUT2D eigenvalue weighted by Gasteiger charge is 2.16. The van der Waals surface area contributed by atoms with Crippen molar-refractivity contribution in [1.29, 1.82) is 0 Å². The van der Waals surface area contributed by atoms with Crippen molar-refractivity contribution in [2.75, 3.05) is 45.8 Å². The number of benzene rings is 1. The van der Waals surface area contributed by atoms with Crippen molar-refractivity contribution in [3.63, 3.8) is 0 Å². The van der Waals surface area contributed by atoms with Crippen LogP contribution in [-0.2, 0) is 6.54 Å². The lowest BCUT2D eigenvalue weighted by Gasteiger charge is -2.34. The first-order chi connectivity index (χ1) is 9.38. The third-order valence-corrected chi connectivity index (χ3v) is 3.61. The van der Waals surface area contributed by atoms with Crippen molar-refractivity contribution in [2.24, 2.45) is 0 Å². The molecule has 2 rings (SSSR count). The molecule has 1 N–H and O–H groups in total. The van der Waals surface area contributed by atoms with Crippen LogP contribution < -0.4 is 5.32 Å². The van der Waals surface area contributed by atoms with E-state index in [-0.39, 0.29) is 0 Å². The van der Waals surface area contributed by atoms with Crippen molar-refractivity contribution in [3.8, 4) is 0 Å². The molecule has 1 saturated heterocycles. The molecule has 1 fully saturated rings. The Morgan fingerprint density at radius 1 is 1.05 bits per heavy atom. The first kappa shape index (κ1) is 14.3. The molecule has 0 amide bonds. The van der Waals surface area contributed by atoms with Gasteiger partial charge in [-0.1, -0.05) is 36.4 Å². The molecule has 1 heterocycles. The van der Waals surface area contributed by atoms with Gasteiger partial charge in [0.05, 0.1) is 0 Å². The molecule has 0 spiro atoms. The average molecular weight is 259 g/mol. The van der Waals surface area contributed by atoms with Crippen LogP contribution in [0.2, 0.25) is 0 Å². The molecule has 0 bridgehead atoms. The van der Waals surface area contributed by atoms with Gasteiger partial charge in [0.25, 0.3) is 0 Å². The maximum absolute atomic E-state index is 3.71. The van der Waals surface area contributed by atoms with Gasteiger partial charge in [-0.05, 0) is 5.56 Å². The Morgan fingerprint density at radius 3 is 2.42 bits per heavy atom. The minimum Gasteiger partial charge on any atom is -0.312 e. The lowest BCUT2D eigenvalue weighted by atomic mass is 10.2. The van der Waals surface area contributed by atoms with Crippen molar-refractivity contribution < 1.29 is 0 Å². The normalized spacial score (nSPS) is 17.5. The SMILES string of the molecule is C=CCNCCN1CCN(Cc2ccccc2)CC1. The summed E-state index contributed by atoms with van der Waals surface area (Å²) in [7, 11) is 0. The zero-order valence-corrected chi connectivity index (χ0v) is 11.7. The van der Waals surface area contributed by atoms with E-state index in [9.17, 15) is 0 Å². The smallest absolute Gasteiger partial charge is 0.0234 e. The number of rotatable bonds is 7. The molecule has 0 radical (unpaired) electrons. The summed E-state index contributed by atoms with van der Waals surface area (Å²) in [6, 6.07) is 10.8. The van der Waals surface area contributed by atoms with Gasteiger partial charge in [-0.15, -0.1) is 6.58 Å². The van der Waals surface area contributed by atoms with Gasteiger partial charge >= 0.3 is 0 Å². The van der Waals surface area contributed by atoms with E-state index in [1.165, 1.54) is 31.7 Å². The lowest BCUT2D eigenvalue weighted by molar-refractivity contribution is 0.128. The van der Waals surface area contributed by atoms with Crippen molar-refractivity contribution >= 4 is 0 Å². The monoisotopic (exact) mass is 259 g/mol. The van der Waals surface area contributed by atoms with Crippen LogP contribution in [0.25, 0.3) is 0 Å². The molecule has 0 atom stereocenters. The highest BCUT2D eigenvalue weighted by atomic mass is 15.3. The maximum Gasteiger partial charge on any atom is 0.0234 e. The first-order valence-corrected chi connectivity index (χ1v) is 7.19. The highest BCUT2D eigenvalue weighted by molar-refractivity contribution is 5.14. The molecular formula is C16H25N3. The second-order valence-electron chi connectivity index (χ2n) is 5.10. The van der Waals surface area contributed by atoms with E-state index in [0.717, 1.165) is 26.2 Å². The second-order valence-corrected chi connectivity index (χ2v) is 5.10. The number of hydrogen-bond acceptors (Lipinski definition) is 3. The standard InChI is InChI=1S/C16H25N3/c1-2-8-17-9-10-18-11-13-19(14-12-18)15-16-6-4-3-5-7-16/h2-7,17H,1,8-15H2. The van der Waals surface area contributed by atoms with Gasteiger partial charge < -0.3 is 5.32 Å². The number of nitrogens with one attached hydrogen (secondary N) is 1. The molecule has 1 aromatic rings. The molecule has 104 valence electrons. The molecule has 19 heavy (non-hydrogen) atoms. The number of piperazine rings is 1. The van der Waals surface area contributed by atoms with Gasteiger partial charge in [-0.3, -0.25) is 9.80 Å². The summed E-state index contributed by atoms with van der Waals surface area (Å²) in [5.74, 6) is 0. The molecule has 1 aromatic carbocycles. The Morgan fingerprint density at radius 2 is 1.74 bits per heavy atom. The minimum absolute atomic E-state index is 0.911. The fourth-order valence-corrected chi connectivity index (χ4v) is 2.45. The van der Waals surface area contributed by atoms with Crippen LogP contribution in [0.4, 0.5) is 0 Å². The zero-order valence-electron chi connectivity index (χ0n) is 11.7. The van der Waals surface area contributed by atoms with Gasteiger partial charge in [0, 0.05) is 52.4 Å². The summed E-state index contributed by atoms with van der Waals surface area (Å²) in [6.45, 7) is 12.6. The Balaban J connectivity index is 1.64. The van der Waals surface area contributed by atoms with E-state index in [2.05, 4.69) is 52.0 Å². The fourth-order valence-electron chi connectivity index (χ4n) is 2.45. The van der Waals surface area contributed by atoms with Crippen LogP contribution in [0.1, 0.15) is 5.56 Å². The third-order valence-electron chi connectivity index (χ3n) is 3.61. The van der Waals surface area contributed by atoms with Gasteiger partial charge in [0.1, 0.15) is 0 Å². The van der Waals surface area contributed by atoms with E-state index in [4.69, 9.17) is 0 Å². The summed E-state index contributed by atoms with van der Waals surface area (Å²) >= 11 is 0. The summed E-state index contributed by atoms with van der Waals surface area (Å²) < 4.78 is 0. The van der Waals surface area contributed by atoms with Crippen molar-refractivity contribution in [3.05, 3.63) is 48.6 Å². The molecule has 3 heteroatoms. The van der Waals surface area contributed by atoms with Crippen molar-refractivity contribution in [1.82, 2.24) is 15.1 Å². The van der Waals surface area contributed by atoms with Crippen LogP contribution in [0.15, 0.2) is 43.0 Å². The van der Waals surface area contributed by atoms with Gasteiger partial charge in [-0.25, -0.2) is 0 Å². The predicted molar refractivity (Wildman–Crippen MR) is 81.2 cm³/mol. The second kappa shape index (κ2) is 8.10. The topological polar surface area (TPSA) is 18.5 Å². The van der Waals surface area contributed by atoms with Crippen LogP contribution >= 0.6 is 0 Å². The van der Waals surface area contributed by atoms with Crippen LogP contribution in [0.5, 0.6) is 0 Å². The average Bonchev–Trinajstić information content (AvgIpc) is 2.46. The molecule has 0 aromatic heterocycles. The number of nitrogens with zero attached hydrogens (tertiary/aromatic N) is 2. The minimum atomic E-state index is 0.911. The highest BCUT2D eigenvalue weighted by Crippen LogP contribution is 2.07. The Labute approximate surface area is 116 Å². The quantitative estimate of drug-likeness (QED) is 0.592. The van der Waals surface area contributed by atoms with Crippen LogP contribution in [-0.4, -0.2) is 55.6 Å². The summed E-state index contributed by atoms with van der Waals surface area (Å²) in [4.78, 5) is 5.08. The molecule has 0 saturated carbocycles.